The van der Waals surface area contributed by atoms with Gasteiger partial charge in [-0.1, -0.05) is 269 Å². The molecular formula is C62H116O12S. The number of aliphatic hydroxyl groups is 3. The lowest BCUT2D eigenvalue weighted by Crippen LogP contribution is -2.60. The van der Waals surface area contributed by atoms with Gasteiger partial charge in [-0.3, -0.25) is 9.35 Å². The standard InChI is InChI=1S/C62H116O12S/c1-3-5-7-9-11-13-15-17-19-21-23-25-27-28-29-30-32-34-36-38-40-42-44-46-48-50-52-70-54-56(55-71-62-60(66)61(74-75(67,68)69)59(65)57(53-63)73-62)72-58(64)51-49-47-45-43-41-39-37-35-33-31-26-24-22-20-18-16-14-12-10-8-6-4-2/h15,17,21,23,27-28,56-57,59-63,65-66H,3-14,16,18-20,22,24-26,29-55H2,1-2H3,(H,67,68,69)/b17-15-,23-21-,28-27-. The Morgan fingerprint density at radius 1 is 0.507 bits per heavy atom. The molecular weight excluding hydrogens is 969 g/mol. The molecule has 0 amide bonds. The summed E-state index contributed by atoms with van der Waals surface area (Å²) in [6, 6.07) is 0. The summed E-state index contributed by atoms with van der Waals surface area (Å²) in [5.41, 5.74) is 0. The number of hydrogen-bond acceptors (Lipinski definition) is 11. The van der Waals surface area contributed by atoms with Gasteiger partial charge < -0.3 is 34.3 Å². The maximum Gasteiger partial charge on any atom is 0.397 e. The van der Waals surface area contributed by atoms with Gasteiger partial charge in [-0.25, -0.2) is 4.18 Å². The monoisotopic (exact) mass is 1080 g/mol. The second kappa shape index (κ2) is 53.0. The largest absolute Gasteiger partial charge is 0.457 e. The van der Waals surface area contributed by atoms with Crippen LogP contribution in [0.25, 0.3) is 0 Å². The van der Waals surface area contributed by atoms with Crippen LogP contribution in [0.1, 0.15) is 290 Å². The third-order valence-electron chi connectivity index (χ3n) is 14.5. The molecule has 1 saturated heterocycles. The van der Waals surface area contributed by atoms with Crippen LogP contribution in [0, 0.1) is 0 Å². The summed E-state index contributed by atoms with van der Waals surface area (Å²) in [6.07, 6.45) is 57.6. The van der Waals surface area contributed by atoms with Crippen molar-refractivity contribution in [2.75, 3.05) is 26.4 Å². The lowest BCUT2D eigenvalue weighted by molar-refractivity contribution is -0.301. The van der Waals surface area contributed by atoms with E-state index in [1.807, 2.05) is 0 Å². The molecule has 0 aromatic carbocycles. The third-order valence-corrected chi connectivity index (χ3v) is 15.0. The van der Waals surface area contributed by atoms with E-state index in [4.69, 9.17) is 18.9 Å². The second-order valence-corrected chi connectivity index (χ2v) is 22.7. The van der Waals surface area contributed by atoms with E-state index in [1.54, 1.807) is 0 Å². The molecule has 6 unspecified atom stereocenters. The Bertz CT molecular complexity index is 1440. The Balaban J connectivity index is 2.25. The van der Waals surface area contributed by atoms with Crippen LogP contribution in [0.3, 0.4) is 0 Å². The van der Waals surface area contributed by atoms with E-state index in [-0.39, 0.29) is 19.6 Å². The van der Waals surface area contributed by atoms with Crippen LogP contribution in [0.2, 0.25) is 0 Å². The van der Waals surface area contributed by atoms with Crippen LogP contribution >= 0.6 is 0 Å². The summed E-state index contributed by atoms with van der Waals surface area (Å²) < 4.78 is 59.5. The van der Waals surface area contributed by atoms with Crippen molar-refractivity contribution < 1.29 is 56.2 Å². The highest BCUT2D eigenvalue weighted by molar-refractivity contribution is 7.80. The van der Waals surface area contributed by atoms with Crippen LogP contribution in [0.15, 0.2) is 36.5 Å². The average Bonchev–Trinajstić information content (AvgIpc) is 3.39. The number of hydrogen-bond donors (Lipinski definition) is 4. The van der Waals surface area contributed by atoms with Crippen molar-refractivity contribution in [3.8, 4) is 0 Å². The second-order valence-electron chi connectivity index (χ2n) is 21.7. The van der Waals surface area contributed by atoms with Crippen molar-refractivity contribution in [1.82, 2.24) is 0 Å². The number of carbonyl (C=O) groups excluding carboxylic acids is 1. The van der Waals surface area contributed by atoms with Crippen LogP contribution < -0.4 is 0 Å². The summed E-state index contributed by atoms with van der Waals surface area (Å²) in [6.45, 7) is 4.04. The fourth-order valence-corrected chi connectivity index (χ4v) is 10.3. The number of ether oxygens (including phenoxy) is 4. The molecule has 6 atom stereocenters. The van der Waals surface area contributed by atoms with Gasteiger partial charge in [0.2, 0.25) is 0 Å². The Kier molecular flexibility index (Phi) is 50.4. The Labute approximate surface area is 460 Å². The maximum atomic E-state index is 13.0. The fourth-order valence-electron chi connectivity index (χ4n) is 9.80. The molecule has 75 heavy (non-hydrogen) atoms. The van der Waals surface area contributed by atoms with Gasteiger partial charge in [0.15, 0.2) is 6.29 Å². The maximum absolute atomic E-state index is 13.0. The molecule has 0 aromatic heterocycles. The molecule has 0 spiro atoms. The summed E-state index contributed by atoms with van der Waals surface area (Å²) >= 11 is 0. The first-order valence-corrected chi connectivity index (χ1v) is 32.6. The SMILES string of the molecule is CCCCCCC/C=C\C/C=C\C/C=C\CCCCCCCCCCCCCOCC(COC1OC(CO)C(O)C(OS(=O)(=O)O)C1O)OC(=O)CCCCCCCCCCCCCCCCCCCCCCCC. The molecule has 0 aromatic rings. The van der Waals surface area contributed by atoms with E-state index in [9.17, 15) is 33.1 Å². The molecule has 1 aliphatic rings. The molecule has 1 aliphatic heterocycles. The van der Waals surface area contributed by atoms with Gasteiger partial charge >= 0.3 is 16.4 Å². The van der Waals surface area contributed by atoms with E-state index >= 15 is 0 Å². The van der Waals surface area contributed by atoms with Crippen molar-refractivity contribution in [3.05, 3.63) is 36.5 Å². The smallest absolute Gasteiger partial charge is 0.397 e. The predicted octanol–water partition coefficient (Wildman–Crippen LogP) is 16.0. The molecule has 13 heteroatoms. The van der Waals surface area contributed by atoms with Gasteiger partial charge in [-0.2, -0.15) is 8.42 Å². The van der Waals surface area contributed by atoms with Gasteiger partial charge in [0.25, 0.3) is 0 Å². The van der Waals surface area contributed by atoms with Crippen molar-refractivity contribution in [3.63, 3.8) is 0 Å². The molecule has 1 rings (SSSR count). The number of carbonyl (C=O) groups is 1. The first-order valence-electron chi connectivity index (χ1n) is 31.2. The van der Waals surface area contributed by atoms with Gasteiger partial charge in [0.1, 0.15) is 30.5 Å². The molecule has 442 valence electrons. The first-order chi connectivity index (χ1) is 36.6. The molecule has 0 radical (unpaired) electrons. The van der Waals surface area contributed by atoms with Gasteiger partial charge in [-0.05, 0) is 51.4 Å². The lowest BCUT2D eigenvalue weighted by atomic mass is 9.99. The zero-order valence-electron chi connectivity index (χ0n) is 48.1. The van der Waals surface area contributed by atoms with Crippen molar-refractivity contribution in [2.45, 2.75) is 327 Å². The van der Waals surface area contributed by atoms with Crippen molar-refractivity contribution in [1.29, 1.82) is 0 Å². The van der Waals surface area contributed by atoms with Gasteiger partial charge in [-0.15, -0.1) is 0 Å². The lowest BCUT2D eigenvalue weighted by Gasteiger charge is -2.41. The number of rotatable bonds is 56. The minimum atomic E-state index is -5.07. The van der Waals surface area contributed by atoms with E-state index in [0.29, 0.717) is 13.0 Å². The highest BCUT2D eigenvalue weighted by Gasteiger charge is 2.48. The number of esters is 1. The third kappa shape index (κ3) is 45.8. The van der Waals surface area contributed by atoms with Crippen LogP contribution in [0.5, 0.6) is 0 Å². The zero-order valence-corrected chi connectivity index (χ0v) is 48.9. The number of unbranched alkanes of at least 4 members (excludes halogenated alkanes) is 37. The summed E-state index contributed by atoms with van der Waals surface area (Å²) in [5.74, 6) is -0.393. The predicted molar refractivity (Wildman–Crippen MR) is 308 cm³/mol. The molecule has 1 fully saturated rings. The van der Waals surface area contributed by atoms with E-state index in [2.05, 4.69) is 54.5 Å². The van der Waals surface area contributed by atoms with Crippen LogP contribution in [-0.4, -0.2) is 97.5 Å². The van der Waals surface area contributed by atoms with Gasteiger partial charge in [0.05, 0.1) is 19.8 Å². The normalized spacial score (nSPS) is 18.8. The molecule has 12 nitrogen and oxygen atoms in total. The summed E-state index contributed by atoms with van der Waals surface area (Å²) in [4.78, 5) is 13.0. The molecule has 0 aliphatic carbocycles. The highest BCUT2D eigenvalue weighted by Crippen LogP contribution is 2.26. The Morgan fingerprint density at radius 2 is 0.880 bits per heavy atom. The summed E-state index contributed by atoms with van der Waals surface area (Å²) in [7, 11) is -5.07. The van der Waals surface area contributed by atoms with E-state index in [0.717, 1.165) is 51.4 Å². The molecule has 1 heterocycles. The Morgan fingerprint density at radius 3 is 1.28 bits per heavy atom. The molecule has 0 saturated carbocycles. The number of allylic oxidation sites excluding steroid dienone is 6. The summed E-state index contributed by atoms with van der Waals surface area (Å²) in [5, 5.41) is 30.9. The average molecular weight is 1090 g/mol. The first kappa shape index (κ1) is 71.3. The fraction of sp³-hybridized carbons (Fsp3) is 0.887. The molecule has 0 bridgehead atoms. The van der Waals surface area contributed by atoms with Crippen molar-refractivity contribution in [2.24, 2.45) is 0 Å². The number of aliphatic hydroxyl groups excluding tert-OH is 3. The zero-order chi connectivity index (χ0) is 54.6. The topological polar surface area (TPSA) is 178 Å². The van der Waals surface area contributed by atoms with Crippen LogP contribution in [-0.2, 0) is 38.3 Å². The van der Waals surface area contributed by atoms with Crippen molar-refractivity contribution >= 4 is 16.4 Å². The quantitative estimate of drug-likeness (QED) is 0.0196. The van der Waals surface area contributed by atoms with Gasteiger partial charge in [0, 0.05) is 13.0 Å². The molecule has 4 N–H and O–H groups in total. The van der Waals surface area contributed by atoms with E-state index < -0.39 is 59.8 Å². The van der Waals surface area contributed by atoms with E-state index in [1.165, 1.54) is 212 Å². The minimum absolute atomic E-state index is 0.0377. The highest BCUT2D eigenvalue weighted by atomic mass is 32.3. The minimum Gasteiger partial charge on any atom is -0.457 e. The Hall–Kier alpha value is -1.68. The van der Waals surface area contributed by atoms with Crippen LogP contribution in [0.4, 0.5) is 0 Å².